The van der Waals surface area contributed by atoms with Gasteiger partial charge in [0.05, 0.1) is 15.3 Å². The summed E-state index contributed by atoms with van der Waals surface area (Å²) in [5, 5.41) is 2.90. The van der Waals surface area contributed by atoms with Crippen molar-refractivity contribution in [3.8, 4) is 0 Å². The van der Waals surface area contributed by atoms with Crippen LogP contribution in [0.25, 0.3) is 0 Å². The zero-order valence-electron chi connectivity index (χ0n) is 12.0. The fourth-order valence-electron chi connectivity index (χ4n) is 3.23. The van der Waals surface area contributed by atoms with Gasteiger partial charge in [0.25, 0.3) is 0 Å². The van der Waals surface area contributed by atoms with E-state index in [0.29, 0.717) is 0 Å². The Morgan fingerprint density at radius 2 is 2.10 bits per heavy atom. The SMILES string of the molecule is Cc1cc(C)c(N2CCCC3=C(Br)N(C)NC32)c(Cl)c1. The van der Waals surface area contributed by atoms with E-state index < -0.39 is 0 Å². The van der Waals surface area contributed by atoms with Crippen molar-refractivity contribution in [2.24, 2.45) is 0 Å². The number of nitrogens with zero attached hydrogens (tertiary/aromatic N) is 2. The van der Waals surface area contributed by atoms with Crippen LogP contribution in [0.2, 0.25) is 5.02 Å². The van der Waals surface area contributed by atoms with Crippen molar-refractivity contribution >= 4 is 33.2 Å². The zero-order chi connectivity index (χ0) is 14.4. The average Bonchev–Trinajstić information content (AvgIpc) is 2.66. The zero-order valence-corrected chi connectivity index (χ0v) is 14.3. The number of benzene rings is 1. The summed E-state index contributed by atoms with van der Waals surface area (Å²) < 4.78 is 1.16. The molecule has 1 N–H and O–H groups in total. The molecule has 1 aromatic carbocycles. The Labute approximate surface area is 133 Å². The molecule has 3 nitrogen and oxygen atoms in total. The molecule has 0 bridgehead atoms. The topological polar surface area (TPSA) is 18.5 Å². The molecule has 108 valence electrons. The van der Waals surface area contributed by atoms with Gasteiger partial charge < -0.3 is 9.91 Å². The molecule has 0 aromatic heterocycles. The molecule has 1 aromatic rings. The number of hydrogen-bond acceptors (Lipinski definition) is 3. The van der Waals surface area contributed by atoms with Crippen molar-refractivity contribution < 1.29 is 0 Å². The summed E-state index contributed by atoms with van der Waals surface area (Å²) in [7, 11) is 2.04. The lowest BCUT2D eigenvalue weighted by molar-refractivity contribution is 0.311. The van der Waals surface area contributed by atoms with Gasteiger partial charge >= 0.3 is 0 Å². The van der Waals surface area contributed by atoms with Crippen LogP contribution in [0.1, 0.15) is 24.0 Å². The molecule has 1 unspecified atom stereocenters. The quantitative estimate of drug-likeness (QED) is 0.769. The van der Waals surface area contributed by atoms with E-state index in [0.717, 1.165) is 34.7 Å². The maximum Gasteiger partial charge on any atom is 0.122 e. The third-order valence-corrected chi connectivity index (χ3v) is 5.38. The lowest BCUT2D eigenvalue weighted by atomic mass is 10.0. The minimum absolute atomic E-state index is 0.210. The number of piperidine rings is 1. The minimum Gasteiger partial charge on any atom is -0.349 e. The van der Waals surface area contributed by atoms with Gasteiger partial charge in [-0.3, -0.25) is 0 Å². The van der Waals surface area contributed by atoms with Gasteiger partial charge in [0, 0.05) is 19.2 Å². The molecule has 0 saturated carbocycles. The summed E-state index contributed by atoms with van der Waals surface area (Å²) in [4.78, 5) is 2.39. The van der Waals surface area contributed by atoms with E-state index in [4.69, 9.17) is 11.6 Å². The van der Waals surface area contributed by atoms with E-state index in [2.05, 4.69) is 57.2 Å². The standard InChI is InChI=1S/C15H19BrClN3/c1-9-7-10(2)13(12(17)8-9)20-6-4-5-11-14(16)19(3)18-15(11)20/h7-8,15,18H,4-6H2,1-3H3. The number of hydrogen-bond donors (Lipinski definition) is 1. The van der Waals surface area contributed by atoms with Crippen LogP contribution in [-0.4, -0.2) is 24.8 Å². The summed E-state index contributed by atoms with van der Waals surface area (Å²) >= 11 is 10.2. The highest BCUT2D eigenvalue weighted by molar-refractivity contribution is 9.11. The van der Waals surface area contributed by atoms with E-state index in [1.54, 1.807) is 0 Å². The Hall–Kier alpha value is -0.710. The summed E-state index contributed by atoms with van der Waals surface area (Å²) in [6, 6.07) is 4.25. The van der Waals surface area contributed by atoms with Gasteiger partial charge in [-0.15, -0.1) is 0 Å². The van der Waals surface area contributed by atoms with E-state index in [1.807, 2.05) is 7.05 Å². The molecule has 0 spiro atoms. The predicted molar refractivity (Wildman–Crippen MR) is 88.1 cm³/mol. The second kappa shape index (κ2) is 5.24. The van der Waals surface area contributed by atoms with Crippen LogP contribution in [-0.2, 0) is 0 Å². The minimum atomic E-state index is 0.210. The van der Waals surface area contributed by atoms with Crippen LogP contribution in [0, 0.1) is 13.8 Å². The summed E-state index contributed by atoms with van der Waals surface area (Å²) in [6.45, 7) is 5.25. The summed E-state index contributed by atoms with van der Waals surface area (Å²) in [5.41, 5.74) is 8.52. The number of nitrogens with one attached hydrogen (secondary N) is 1. The van der Waals surface area contributed by atoms with E-state index >= 15 is 0 Å². The Morgan fingerprint density at radius 1 is 1.35 bits per heavy atom. The molecular formula is C15H19BrClN3. The van der Waals surface area contributed by atoms with Crippen LogP contribution in [0.5, 0.6) is 0 Å². The maximum atomic E-state index is 6.52. The van der Waals surface area contributed by atoms with Gasteiger partial charge in [-0.05, 0) is 59.8 Å². The molecule has 0 radical (unpaired) electrons. The summed E-state index contributed by atoms with van der Waals surface area (Å²) in [5.74, 6) is 0. The fourth-order valence-corrected chi connectivity index (χ4v) is 4.17. The molecule has 20 heavy (non-hydrogen) atoms. The van der Waals surface area contributed by atoms with Gasteiger partial charge in [0.2, 0.25) is 0 Å². The smallest absolute Gasteiger partial charge is 0.122 e. The molecule has 1 atom stereocenters. The lowest BCUT2D eigenvalue weighted by Crippen LogP contribution is -2.50. The van der Waals surface area contributed by atoms with Crippen molar-refractivity contribution in [2.45, 2.75) is 32.9 Å². The first kappa shape index (κ1) is 14.2. The first-order valence-corrected chi connectivity index (χ1v) is 8.08. The molecule has 2 heterocycles. The monoisotopic (exact) mass is 355 g/mol. The van der Waals surface area contributed by atoms with Crippen LogP contribution in [0.3, 0.4) is 0 Å². The Kier molecular flexibility index (Phi) is 3.73. The molecule has 1 saturated heterocycles. The number of fused-ring (bicyclic) bond motifs is 1. The van der Waals surface area contributed by atoms with Crippen LogP contribution >= 0.6 is 27.5 Å². The second-order valence-corrected chi connectivity index (χ2v) is 6.77. The fraction of sp³-hybridized carbons (Fsp3) is 0.467. The van der Waals surface area contributed by atoms with Crippen molar-refractivity contribution in [1.82, 2.24) is 10.4 Å². The molecule has 5 heteroatoms. The average molecular weight is 357 g/mol. The van der Waals surface area contributed by atoms with Crippen molar-refractivity contribution in [1.29, 1.82) is 0 Å². The molecule has 1 fully saturated rings. The lowest BCUT2D eigenvalue weighted by Gasteiger charge is -2.38. The number of hydrazine groups is 1. The maximum absolute atomic E-state index is 6.52. The highest BCUT2D eigenvalue weighted by Crippen LogP contribution is 2.39. The molecule has 0 aliphatic carbocycles. The first-order valence-electron chi connectivity index (χ1n) is 6.91. The van der Waals surface area contributed by atoms with Gasteiger partial charge in [0.1, 0.15) is 6.17 Å². The summed E-state index contributed by atoms with van der Waals surface area (Å²) in [6.07, 6.45) is 2.49. The van der Waals surface area contributed by atoms with E-state index in [1.165, 1.54) is 16.7 Å². The predicted octanol–water partition coefficient (Wildman–Crippen LogP) is 3.94. The Morgan fingerprint density at radius 3 is 2.80 bits per heavy atom. The number of anilines is 1. The normalized spacial score (nSPS) is 22.6. The van der Waals surface area contributed by atoms with Crippen LogP contribution in [0.15, 0.2) is 22.3 Å². The number of halogens is 2. The van der Waals surface area contributed by atoms with Gasteiger partial charge in [-0.1, -0.05) is 17.7 Å². The number of aryl methyl sites for hydroxylation is 2. The number of rotatable bonds is 1. The van der Waals surface area contributed by atoms with Crippen molar-refractivity contribution in [3.63, 3.8) is 0 Å². The third kappa shape index (κ3) is 2.24. The highest BCUT2D eigenvalue weighted by Gasteiger charge is 2.36. The molecule has 3 rings (SSSR count). The van der Waals surface area contributed by atoms with Gasteiger partial charge in [-0.25, -0.2) is 5.43 Å². The van der Waals surface area contributed by atoms with Crippen LogP contribution in [0.4, 0.5) is 5.69 Å². The largest absolute Gasteiger partial charge is 0.349 e. The van der Waals surface area contributed by atoms with Crippen molar-refractivity contribution in [3.05, 3.63) is 38.5 Å². The Balaban J connectivity index is 2.03. The van der Waals surface area contributed by atoms with Crippen molar-refractivity contribution in [2.75, 3.05) is 18.5 Å². The molecule has 2 aliphatic heterocycles. The van der Waals surface area contributed by atoms with Crippen LogP contribution < -0.4 is 10.3 Å². The molecular weight excluding hydrogens is 338 g/mol. The van der Waals surface area contributed by atoms with E-state index in [-0.39, 0.29) is 6.17 Å². The van der Waals surface area contributed by atoms with Gasteiger partial charge in [-0.2, -0.15) is 0 Å². The van der Waals surface area contributed by atoms with Gasteiger partial charge in [0.15, 0.2) is 0 Å². The van der Waals surface area contributed by atoms with E-state index in [9.17, 15) is 0 Å². The first-order chi connectivity index (χ1) is 9.49. The third-order valence-electron chi connectivity index (χ3n) is 4.05. The Bertz CT molecular complexity index is 561. The molecule has 0 amide bonds. The second-order valence-electron chi connectivity index (χ2n) is 5.62. The molecule has 2 aliphatic rings. The highest BCUT2D eigenvalue weighted by atomic mass is 79.9.